The van der Waals surface area contributed by atoms with E-state index in [1.807, 2.05) is 0 Å². The minimum absolute atomic E-state index is 0.205. The van der Waals surface area contributed by atoms with E-state index in [1.165, 1.54) is 22.7 Å². The van der Waals surface area contributed by atoms with E-state index < -0.39 is 0 Å². The quantitative estimate of drug-likeness (QED) is 0.870. The summed E-state index contributed by atoms with van der Waals surface area (Å²) in [5.74, 6) is 0.876. The van der Waals surface area contributed by atoms with Crippen LogP contribution in [0.3, 0.4) is 0 Å². The second-order valence-electron chi connectivity index (χ2n) is 5.15. The molecular weight excluding hydrogens is 262 g/mol. The molecule has 96 valence electrons. The summed E-state index contributed by atoms with van der Waals surface area (Å²) < 4.78 is 4.16. The van der Waals surface area contributed by atoms with Crippen molar-refractivity contribution in [1.29, 1.82) is 0 Å². The third kappa shape index (κ3) is 3.46. The first kappa shape index (κ1) is 13.4. The maximum atomic E-state index is 5.55. The molecule has 0 bridgehead atoms. The number of aromatic nitrogens is 2. The maximum absolute atomic E-state index is 5.55. The summed E-state index contributed by atoms with van der Waals surface area (Å²) in [6.07, 6.45) is 0. The van der Waals surface area contributed by atoms with Gasteiger partial charge in [0, 0.05) is 17.3 Å². The Morgan fingerprint density at radius 1 is 1.22 bits per heavy atom. The molecule has 2 aromatic rings. The van der Waals surface area contributed by atoms with Crippen LogP contribution in [0.2, 0.25) is 0 Å². The molecule has 5 heteroatoms. The molecule has 1 aromatic heterocycles. The lowest BCUT2D eigenvalue weighted by molar-refractivity contribution is 0.590. The van der Waals surface area contributed by atoms with Gasteiger partial charge in [0.05, 0.1) is 0 Å². The van der Waals surface area contributed by atoms with Gasteiger partial charge < -0.3 is 5.73 Å². The predicted molar refractivity (Wildman–Crippen MR) is 79.0 cm³/mol. The van der Waals surface area contributed by atoms with Gasteiger partial charge >= 0.3 is 0 Å². The number of nitrogens with zero attached hydrogens (tertiary/aromatic N) is 2. The molecule has 0 amide bonds. The third-order valence-electron chi connectivity index (χ3n) is 2.61. The van der Waals surface area contributed by atoms with Crippen molar-refractivity contribution < 1.29 is 0 Å². The van der Waals surface area contributed by atoms with Crippen molar-refractivity contribution in [2.45, 2.75) is 37.1 Å². The van der Waals surface area contributed by atoms with Crippen LogP contribution >= 0.6 is 23.3 Å². The zero-order valence-corrected chi connectivity index (χ0v) is 12.4. The highest BCUT2D eigenvalue weighted by atomic mass is 32.2. The van der Waals surface area contributed by atoms with E-state index in [-0.39, 0.29) is 5.41 Å². The van der Waals surface area contributed by atoms with E-state index in [9.17, 15) is 0 Å². The first-order chi connectivity index (χ1) is 8.45. The Morgan fingerprint density at radius 3 is 2.39 bits per heavy atom. The van der Waals surface area contributed by atoms with Gasteiger partial charge in [0.25, 0.3) is 0 Å². The molecule has 0 saturated carbocycles. The highest BCUT2D eigenvalue weighted by Gasteiger charge is 2.12. The number of nitrogen functional groups attached to an aromatic ring is 1. The highest BCUT2D eigenvalue weighted by molar-refractivity contribution is 7.98. The Hall–Kier alpha value is -1.07. The fourth-order valence-electron chi connectivity index (χ4n) is 1.53. The van der Waals surface area contributed by atoms with Crippen molar-refractivity contribution in [1.82, 2.24) is 9.36 Å². The summed E-state index contributed by atoms with van der Waals surface area (Å²) in [6.45, 7) is 6.66. The molecule has 1 heterocycles. The monoisotopic (exact) mass is 279 g/mol. The Labute approximate surface area is 116 Å². The normalized spacial score (nSPS) is 11.7. The Kier molecular flexibility index (Phi) is 3.92. The van der Waals surface area contributed by atoms with Crippen LogP contribution in [0.4, 0.5) is 5.13 Å². The Balaban J connectivity index is 1.98. The second kappa shape index (κ2) is 5.28. The molecule has 18 heavy (non-hydrogen) atoms. The number of hydrogen-bond donors (Lipinski definition) is 1. The number of rotatable bonds is 3. The summed E-state index contributed by atoms with van der Waals surface area (Å²) >= 11 is 2.86. The summed E-state index contributed by atoms with van der Waals surface area (Å²) in [4.78, 5) is 4.13. The molecule has 1 aromatic carbocycles. The minimum Gasteiger partial charge on any atom is -0.374 e. The lowest BCUT2D eigenvalue weighted by atomic mass is 9.87. The van der Waals surface area contributed by atoms with Gasteiger partial charge in [-0.05, 0) is 16.5 Å². The van der Waals surface area contributed by atoms with Gasteiger partial charge in [-0.25, -0.2) is 0 Å². The molecular formula is C13H17N3S2. The molecule has 0 radical (unpaired) electrons. The van der Waals surface area contributed by atoms with Gasteiger partial charge in [0.1, 0.15) is 0 Å². The molecule has 3 nitrogen and oxygen atoms in total. The van der Waals surface area contributed by atoms with Crippen LogP contribution in [0.1, 0.15) is 31.9 Å². The number of hydrogen-bond acceptors (Lipinski definition) is 5. The van der Waals surface area contributed by atoms with Gasteiger partial charge in [-0.1, -0.05) is 56.8 Å². The first-order valence-corrected chi connectivity index (χ1v) is 7.52. The average molecular weight is 279 g/mol. The van der Waals surface area contributed by atoms with Crippen molar-refractivity contribution in [2.24, 2.45) is 0 Å². The molecule has 0 aliphatic heterocycles. The average Bonchev–Trinajstić information content (AvgIpc) is 2.72. The van der Waals surface area contributed by atoms with Crippen LogP contribution in [-0.2, 0) is 11.2 Å². The van der Waals surface area contributed by atoms with Crippen molar-refractivity contribution in [3.63, 3.8) is 0 Å². The lowest BCUT2D eigenvalue weighted by Crippen LogP contribution is -2.10. The van der Waals surface area contributed by atoms with E-state index in [1.54, 1.807) is 11.8 Å². The van der Waals surface area contributed by atoms with E-state index in [2.05, 4.69) is 54.4 Å². The molecule has 0 aliphatic rings. The zero-order chi connectivity index (χ0) is 13.2. The molecule has 0 saturated heterocycles. The molecule has 0 fully saturated rings. The van der Waals surface area contributed by atoms with Gasteiger partial charge in [-0.3, -0.25) is 0 Å². The van der Waals surface area contributed by atoms with E-state index in [4.69, 9.17) is 5.73 Å². The summed E-state index contributed by atoms with van der Waals surface area (Å²) in [5.41, 5.74) is 8.38. The van der Waals surface area contributed by atoms with E-state index in [0.29, 0.717) is 5.13 Å². The standard InChI is InChI=1S/C13H17N3S2/c1-13(2,3)10-6-4-9(5-7-10)8-17-12-15-11(14)18-16-12/h4-7H,8H2,1-3H3,(H2,14,15,16). The maximum Gasteiger partial charge on any atom is 0.202 e. The topological polar surface area (TPSA) is 51.8 Å². The molecule has 2 N–H and O–H groups in total. The number of anilines is 1. The molecule has 0 unspecified atom stereocenters. The van der Waals surface area contributed by atoms with Crippen molar-refractivity contribution in [3.8, 4) is 0 Å². The molecule has 2 rings (SSSR count). The molecule has 0 aliphatic carbocycles. The third-order valence-corrected chi connectivity index (χ3v) is 4.19. The summed E-state index contributed by atoms with van der Waals surface area (Å²) in [7, 11) is 0. The Morgan fingerprint density at radius 2 is 1.89 bits per heavy atom. The van der Waals surface area contributed by atoms with Crippen LogP contribution in [-0.4, -0.2) is 9.36 Å². The smallest absolute Gasteiger partial charge is 0.202 e. The van der Waals surface area contributed by atoms with Crippen LogP contribution in [0.25, 0.3) is 0 Å². The number of benzene rings is 1. The Bertz CT molecular complexity index is 512. The van der Waals surface area contributed by atoms with Gasteiger partial charge in [0.2, 0.25) is 10.3 Å². The summed E-state index contributed by atoms with van der Waals surface area (Å²) in [6, 6.07) is 8.73. The second-order valence-corrected chi connectivity index (χ2v) is 6.88. The SMILES string of the molecule is CC(C)(C)c1ccc(CSc2nsc(N)n2)cc1. The molecule has 0 spiro atoms. The highest BCUT2D eigenvalue weighted by Crippen LogP contribution is 2.25. The van der Waals surface area contributed by atoms with Crippen LogP contribution < -0.4 is 5.73 Å². The van der Waals surface area contributed by atoms with Crippen LogP contribution in [0.15, 0.2) is 29.4 Å². The number of thioether (sulfide) groups is 1. The summed E-state index contributed by atoms with van der Waals surface area (Å²) in [5, 5.41) is 1.29. The van der Waals surface area contributed by atoms with Crippen molar-refractivity contribution >= 4 is 28.4 Å². The van der Waals surface area contributed by atoms with E-state index >= 15 is 0 Å². The fraction of sp³-hybridized carbons (Fsp3) is 0.385. The minimum atomic E-state index is 0.205. The fourth-order valence-corrected chi connectivity index (χ4v) is 2.90. The van der Waals surface area contributed by atoms with Gasteiger partial charge in [0.15, 0.2) is 0 Å². The first-order valence-electron chi connectivity index (χ1n) is 5.76. The van der Waals surface area contributed by atoms with Crippen LogP contribution in [0.5, 0.6) is 0 Å². The van der Waals surface area contributed by atoms with Gasteiger partial charge in [-0.2, -0.15) is 9.36 Å². The lowest BCUT2D eigenvalue weighted by Gasteiger charge is -2.19. The van der Waals surface area contributed by atoms with Crippen molar-refractivity contribution in [3.05, 3.63) is 35.4 Å². The van der Waals surface area contributed by atoms with E-state index in [0.717, 1.165) is 10.9 Å². The van der Waals surface area contributed by atoms with Crippen LogP contribution in [0, 0.1) is 0 Å². The number of nitrogens with two attached hydrogens (primary N) is 1. The molecule has 0 atom stereocenters. The zero-order valence-electron chi connectivity index (χ0n) is 10.8. The largest absolute Gasteiger partial charge is 0.374 e. The predicted octanol–water partition coefficient (Wildman–Crippen LogP) is 3.71. The van der Waals surface area contributed by atoms with Gasteiger partial charge in [-0.15, -0.1) is 0 Å². The van der Waals surface area contributed by atoms with Crippen molar-refractivity contribution in [2.75, 3.05) is 5.73 Å².